The number of allylic oxidation sites excluding steroid dienone is 2. The van der Waals surface area contributed by atoms with Crippen LogP contribution in [0.3, 0.4) is 0 Å². The van der Waals surface area contributed by atoms with Crippen molar-refractivity contribution in [2.75, 3.05) is 32.8 Å². The lowest BCUT2D eigenvalue weighted by atomic mass is 9.83. The number of ether oxygens (including phenoxy) is 3. The molecule has 0 bridgehead atoms. The molecular formula is C22H25NO3. The maximum atomic E-state index is 5.60. The summed E-state index contributed by atoms with van der Waals surface area (Å²) < 4.78 is 16.4. The molecule has 0 aromatic heterocycles. The van der Waals surface area contributed by atoms with Crippen LogP contribution in [0.5, 0.6) is 17.2 Å². The fourth-order valence-electron chi connectivity index (χ4n) is 4.18. The number of anilines is 1. The second-order valence-corrected chi connectivity index (χ2v) is 6.93. The number of benzene rings is 2. The molecule has 0 N–H and O–H groups in total. The van der Waals surface area contributed by atoms with Gasteiger partial charge in [0.2, 0.25) is 0 Å². The molecule has 2 atom stereocenters. The molecule has 26 heavy (non-hydrogen) atoms. The Bertz CT molecular complexity index is 830. The molecule has 0 saturated heterocycles. The Labute approximate surface area is 155 Å². The van der Waals surface area contributed by atoms with Gasteiger partial charge in [0.05, 0.1) is 21.3 Å². The quantitative estimate of drug-likeness (QED) is 0.748. The zero-order chi connectivity index (χ0) is 18.1. The Morgan fingerprint density at radius 2 is 1.73 bits per heavy atom. The van der Waals surface area contributed by atoms with E-state index < -0.39 is 0 Å². The zero-order valence-electron chi connectivity index (χ0n) is 15.6. The van der Waals surface area contributed by atoms with Gasteiger partial charge in [0.15, 0.2) is 0 Å². The molecule has 4 rings (SSSR count). The van der Waals surface area contributed by atoms with Gasteiger partial charge in [-0.25, -0.2) is 0 Å². The fraction of sp³-hybridized carbons (Fsp3) is 0.364. The molecule has 2 aliphatic rings. The number of fused-ring (bicyclic) bond motifs is 3. The van der Waals surface area contributed by atoms with E-state index >= 15 is 0 Å². The van der Waals surface area contributed by atoms with Crippen molar-refractivity contribution in [2.24, 2.45) is 5.92 Å². The number of hydrogen-bond donors (Lipinski definition) is 0. The minimum atomic E-state index is 0.495. The van der Waals surface area contributed by atoms with E-state index in [9.17, 15) is 0 Å². The van der Waals surface area contributed by atoms with Gasteiger partial charge >= 0.3 is 0 Å². The summed E-state index contributed by atoms with van der Waals surface area (Å²) in [6.45, 7) is 1.86. The Morgan fingerprint density at radius 3 is 2.50 bits per heavy atom. The smallest absolute Gasteiger partial charge is 0.127 e. The Kier molecular flexibility index (Phi) is 4.49. The van der Waals surface area contributed by atoms with E-state index in [0.29, 0.717) is 11.8 Å². The summed E-state index contributed by atoms with van der Waals surface area (Å²) in [5.74, 6) is 3.72. The number of rotatable bonds is 5. The average molecular weight is 351 g/mol. The van der Waals surface area contributed by atoms with Gasteiger partial charge < -0.3 is 19.1 Å². The SMILES string of the molecule is COc1ccc(CN2C[C@@H]3CC=C[C@@H]3c3cc(OC)ccc32)c(OC)c1. The van der Waals surface area contributed by atoms with Gasteiger partial charge in [-0.2, -0.15) is 0 Å². The first kappa shape index (κ1) is 16.8. The summed E-state index contributed by atoms with van der Waals surface area (Å²) in [4.78, 5) is 2.47. The van der Waals surface area contributed by atoms with Crippen molar-refractivity contribution in [3.8, 4) is 17.2 Å². The van der Waals surface area contributed by atoms with Crippen molar-refractivity contribution in [1.82, 2.24) is 0 Å². The predicted molar refractivity (Wildman–Crippen MR) is 104 cm³/mol. The third-order valence-electron chi connectivity index (χ3n) is 5.53. The van der Waals surface area contributed by atoms with E-state index in [-0.39, 0.29) is 0 Å². The minimum Gasteiger partial charge on any atom is -0.497 e. The highest BCUT2D eigenvalue weighted by molar-refractivity contribution is 5.62. The molecule has 2 aromatic carbocycles. The summed E-state index contributed by atoms with van der Waals surface area (Å²) in [5.41, 5.74) is 3.82. The molecule has 0 spiro atoms. The van der Waals surface area contributed by atoms with E-state index in [2.05, 4.69) is 41.3 Å². The Balaban J connectivity index is 1.69. The first-order chi connectivity index (χ1) is 12.7. The van der Waals surface area contributed by atoms with Crippen molar-refractivity contribution < 1.29 is 14.2 Å². The lowest BCUT2D eigenvalue weighted by Gasteiger charge is -2.38. The van der Waals surface area contributed by atoms with E-state index in [1.165, 1.54) is 16.8 Å². The Morgan fingerprint density at radius 1 is 0.962 bits per heavy atom. The minimum absolute atomic E-state index is 0.495. The summed E-state index contributed by atoms with van der Waals surface area (Å²) in [7, 11) is 5.12. The van der Waals surface area contributed by atoms with E-state index in [4.69, 9.17) is 14.2 Å². The molecule has 4 heteroatoms. The summed E-state index contributed by atoms with van der Waals surface area (Å²) in [6.07, 6.45) is 5.81. The van der Waals surface area contributed by atoms with Crippen LogP contribution in [-0.2, 0) is 6.54 Å². The van der Waals surface area contributed by atoms with Crippen molar-refractivity contribution in [2.45, 2.75) is 18.9 Å². The van der Waals surface area contributed by atoms with Crippen molar-refractivity contribution in [3.05, 3.63) is 59.7 Å². The van der Waals surface area contributed by atoms with Crippen LogP contribution >= 0.6 is 0 Å². The second-order valence-electron chi connectivity index (χ2n) is 6.93. The van der Waals surface area contributed by atoms with Crippen LogP contribution in [0.25, 0.3) is 0 Å². The molecule has 0 radical (unpaired) electrons. The lowest BCUT2D eigenvalue weighted by molar-refractivity contribution is 0.389. The third-order valence-corrected chi connectivity index (χ3v) is 5.53. The standard InChI is InChI=1S/C22H25NO3/c1-24-17-9-10-21-20(11-17)19-6-4-5-15(19)13-23(21)14-16-7-8-18(25-2)12-22(16)26-3/h4,6-12,15,19H,5,13-14H2,1-3H3/t15-,19-/m0/s1. The average Bonchev–Trinajstić information content (AvgIpc) is 3.16. The lowest BCUT2D eigenvalue weighted by Crippen LogP contribution is -2.35. The maximum Gasteiger partial charge on any atom is 0.127 e. The second kappa shape index (κ2) is 6.94. The molecule has 0 amide bonds. The molecule has 0 unspecified atom stereocenters. The van der Waals surface area contributed by atoms with Crippen LogP contribution in [0, 0.1) is 5.92 Å². The molecule has 136 valence electrons. The molecule has 1 aliphatic heterocycles. The summed E-state index contributed by atoms with van der Waals surface area (Å²) in [6, 6.07) is 12.5. The number of hydrogen-bond acceptors (Lipinski definition) is 4. The number of nitrogens with zero attached hydrogens (tertiary/aromatic N) is 1. The van der Waals surface area contributed by atoms with Crippen molar-refractivity contribution in [3.63, 3.8) is 0 Å². The molecule has 0 fully saturated rings. The summed E-state index contributed by atoms with van der Waals surface area (Å²) >= 11 is 0. The third kappa shape index (κ3) is 2.90. The monoisotopic (exact) mass is 351 g/mol. The highest BCUT2D eigenvalue weighted by Gasteiger charge is 2.34. The van der Waals surface area contributed by atoms with Crippen molar-refractivity contribution in [1.29, 1.82) is 0 Å². The normalized spacial score (nSPS) is 20.5. The van der Waals surface area contributed by atoms with Crippen LogP contribution in [-0.4, -0.2) is 27.9 Å². The maximum absolute atomic E-state index is 5.60. The topological polar surface area (TPSA) is 30.9 Å². The number of methoxy groups -OCH3 is 3. The molecule has 1 heterocycles. The van der Waals surface area contributed by atoms with Gasteiger partial charge in [-0.1, -0.05) is 12.2 Å². The first-order valence-corrected chi connectivity index (χ1v) is 9.04. The summed E-state index contributed by atoms with van der Waals surface area (Å²) in [5, 5.41) is 0. The molecule has 1 aliphatic carbocycles. The van der Waals surface area contributed by atoms with Crippen LogP contribution in [0.2, 0.25) is 0 Å². The molecule has 0 saturated carbocycles. The zero-order valence-corrected chi connectivity index (χ0v) is 15.6. The van der Waals surface area contributed by atoms with Crippen LogP contribution in [0.15, 0.2) is 48.6 Å². The predicted octanol–water partition coefficient (Wildman–Crippen LogP) is 4.39. The van der Waals surface area contributed by atoms with Gasteiger partial charge in [-0.05, 0) is 48.2 Å². The van der Waals surface area contributed by atoms with Crippen molar-refractivity contribution >= 4 is 5.69 Å². The van der Waals surface area contributed by atoms with Crippen LogP contribution < -0.4 is 19.1 Å². The van der Waals surface area contributed by atoms with Crippen LogP contribution in [0.4, 0.5) is 5.69 Å². The first-order valence-electron chi connectivity index (χ1n) is 9.04. The molecule has 4 nitrogen and oxygen atoms in total. The van der Waals surface area contributed by atoms with Gasteiger partial charge in [-0.15, -0.1) is 0 Å². The van der Waals surface area contributed by atoms with Gasteiger partial charge in [-0.3, -0.25) is 0 Å². The van der Waals surface area contributed by atoms with Gasteiger partial charge in [0.1, 0.15) is 17.2 Å². The molecular weight excluding hydrogens is 326 g/mol. The van der Waals surface area contributed by atoms with E-state index in [1.54, 1.807) is 21.3 Å². The van der Waals surface area contributed by atoms with E-state index in [1.807, 2.05) is 12.1 Å². The highest BCUT2D eigenvalue weighted by Crippen LogP contribution is 2.46. The molecule has 2 aromatic rings. The Hall–Kier alpha value is -2.62. The van der Waals surface area contributed by atoms with Crippen LogP contribution in [0.1, 0.15) is 23.5 Å². The fourth-order valence-corrected chi connectivity index (χ4v) is 4.18. The van der Waals surface area contributed by atoms with Gasteiger partial charge in [0.25, 0.3) is 0 Å². The van der Waals surface area contributed by atoms with Gasteiger partial charge in [0, 0.05) is 36.3 Å². The highest BCUT2D eigenvalue weighted by atomic mass is 16.5. The van der Waals surface area contributed by atoms with E-state index in [0.717, 1.165) is 36.8 Å². The largest absolute Gasteiger partial charge is 0.497 e.